The van der Waals surface area contributed by atoms with Crippen LogP contribution >= 0.6 is 0 Å². The molecule has 1 saturated heterocycles. The van der Waals surface area contributed by atoms with E-state index in [1.807, 2.05) is 6.92 Å². The average Bonchev–Trinajstić information content (AvgIpc) is 3.02. The number of ether oxygens (including phenoxy) is 3. The first-order chi connectivity index (χ1) is 20.7. The van der Waals surface area contributed by atoms with Crippen LogP contribution in [0.3, 0.4) is 0 Å². The number of likely N-dealkylation sites (N-methyl/N-ethyl adjacent to an activating group) is 1. The maximum absolute atomic E-state index is 13.7. The van der Waals surface area contributed by atoms with Gasteiger partial charge in [-0.25, -0.2) is 4.79 Å². The molecule has 0 spiro atoms. The molecule has 0 aliphatic carbocycles. The number of carbonyl (C=O) groups excluding carboxylic acids is 3. The molecule has 3 N–H and O–H groups in total. The van der Waals surface area contributed by atoms with Gasteiger partial charge in [-0.2, -0.15) is 0 Å². The van der Waals surface area contributed by atoms with Crippen molar-refractivity contribution in [1.29, 1.82) is 0 Å². The Hall–Kier alpha value is -3.87. The Bertz CT molecular complexity index is 1250. The quantitative estimate of drug-likeness (QED) is 0.381. The van der Waals surface area contributed by atoms with Gasteiger partial charge in [-0.3, -0.25) is 14.5 Å². The number of carbonyl (C=O) groups is 3. The number of anilines is 2. The minimum absolute atomic E-state index is 0.151. The number of aliphatic hydroxyl groups excluding tert-OH is 1. The van der Waals surface area contributed by atoms with Crippen molar-refractivity contribution in [3.63, 3.8) is 0 Å². The first-order valence-electron chi connectivity index (χ1n) is 14.7. The lowest BCUT2D eigenvalue weighted by Gasteiger charge is -2.38. The number of amides is 4. The molecule has 3 atom stereocenters. The van der Waals surface area contributed by atoms with Gasteiger partial charge in [-0.05, 0) is 49.4 Å². The molecule has 12 heteroatoms. The lowest BCUT2D eigenvalue weighted by atomic mass is 9.99. The van der Waals surface area contributed by atoms with E-state index < -0.39 is 12.1 Å². The third-order valence-electron chi connectivity index (χ3n) is 7.85. The summed E-state index contributed by atoms with van der Waals surface area (Å²) in [6, 6.07) is 11.3. The SMILES string of the molecule is COc1ccc(NC(=O)N(C)C[C@H]2Oc3ccc(NC(=O)CCN4CCOCC4)cc3C(=O)N([C@@H](C)CO)C[C@H]2C)cc1. The first-order valence-corrected chi connectivity index (χ1v) is 14.7. The predicted octanol–water partition coefficient (Wildman–Crippen LogP) is 2.74. The Morgan fingerprint density at radius 1 is 1.12 bits per heavy atom. The first kappa shape index (κ1) is 32.1. The highest BCUT2D eigenvalue weighted by molar-refractivity contribution is 6.00. The van der Waals surface area contributed by atoms with Crippen LogP contribution in [0.25, 0.3) is 0 Å². The van der Waals surface area contributed by atoms with E-state index in [4.69, 9.17) is 14.2 Å². The molecular weight excluding hydrogens is 554 g/mol. The number of aliphatic hydroxyl groups is 1. The maximum Gasteiger partial charge on any atom is 0.321 e. The van der Waals surface area contributed by atoms with Gasteiger partial charge in [-0.1, -0.05) is 6.92 Å². The number of methoxy groups -OCH3 is 1. The summed E-state index contributed by atoms with van der Waals surface area (Å²) in [6.07, 6.45) is -0.138. The fourth-order valence-electron chi connectivity index (χ4n) is 5.07. The number of morpholine rings is 1. The van der Waals surface area contributed by atoms with Crippen molar-refractivity contribution in [2.45, 2.75) is 32.4 Å². The van der Waals surface area contributed by atoms with Gasteiger partial charge in [-0.15, -0.1) is 0 Å². The summed E-state index contributed by atoms with van der Waals surface area (Å²) in [5.74, 6) is 0.432. The number of urea groups is 1. The van der Waals surface area contributed by atoms with Crippen LogP contribution in [0.5, 0.6) is 11.5 Å². The van der Waals surface area contributed by atoms with E-state index in [1.54, 1.807) is 68.4 Å². The summed E-state index contributed by atoms with van der Waals surface area (Å²) in [6.45, 7) is 7.66. The van der Waals surface area contributed by atoms with Gasteiger partial charge in [0.25, 0.3) is 5.91 Å². The van der Waals surface area contributed by atoms with Crippen molar-refractivity contribution < 1.29 is 33.7 Å². The molecule has 1 fully saturated rings. The number of hydrogen-bond acceptors (Lipinski definition) is 8. The molecule has 0 unspecified atom stereocenters. The second kappa shape index (κ2) is 15.0. The van der Waals surface area contributed by atoms with Crippen LogP contribution in [0.15, 0.2) is 42.5 Å². The zero-order valence-corrected chi connectivity index (χ0v) is 25.4. The van der Waals surface area contributed by atoms with Crippen LogP contribution in [0.1, 0.15) is 30.6 Å². The van der Waals surface area contributed by atoms with Crippen LogP contribution in [-0.4, -0.2) is 116 Å². The van der Waals surface area contributed by atoms with Crippen LogP contribution in [-0.2, 0) is 9.53 Å². The normalized spacial score (nSPS) is 19.7. The molecule has 2 aliphatic rings. The minimum atomic E-state index is -0.458. The van der Waals surface area contributed by atoms with E-state index in [9.17, 15) is 19.5 Å². The molecular formula is C31H43N5O7. The van der Waals surface area contributed by atoms with Gasteiger partial charge in [0.1, 0.15) is 17.6 Å². The summed E-state index contributed by atoms with van der Waals surface area (Å²) in [5.41, 5.74) is 1.40. The molecule has 0 bridgehead atoms. The molecule has 0 saturated carbocycles. The van der Waals surface area contributed by atoms with Crippen LogP contribution in [0.2, 0.25) is 0 Å². The number of benzene rings is 2. The van der Waals surface area contributed by atoms with E-state index in [0.29, 0.717) is 55.6 Å². The molecule has 234 valence electrons. The minimum Gasteiger partial charge on any atom is -0.497 e. The van der Waals surface area contributed by atoms with Crippen molar-refractivity contribution in [3.8, 4) is 11.5 Å². The molecule has 12 nitrogen and oxygen atoms in total. The molecule has 2 aliphatic heterocycles. The van der Waals surface area contributed by atoms with Crippen molar-refractivity contribution in [2.24, 2.45) is 5.92 Å². The highest BCUT2D eigenvalue weighted by Gasteiger charge is 2.34. The van der Waals surface area contributed by atoms with Crippen molar-refractivity contribution in [1.82, 2.24) is 14.7 Å². The van der Waals surface area contributed by atoms with E-state index in [0.717, 1.165) is 13.1 Å². The fourth-order valence-corrected chi connectivity index (χ4v) is 5.07. The summed E-state index contributed by atoms with van der Waals surface area (Å²) in [4.78, 5) is 44.8. The highest BCUT2D eigenvalue weighted by atomic mass is 16.5. The van der Waals surface area contributed by atoms with Gasteiger partial charge in [0, 0.05) is 56.9 Å². The fraction of sp³-hybridized carbons (Fsp3) is 0.516. The highest BCUT2D eigenvalue weighted by Crippen LogP contribution is 2.31. The molecule has 43 heavy (non-hydrogen) atoms. The lowest BCUT2D eigenvalue weighted by molar-refractivity contribution is -0.116. The second-order valence-electron chi connectivity index (χ2n) is 11.1. The van der Waals surface area contributed by atoms with Gasteiger partial charge in [0.2, 0.25) is 5.91 Å². The van der Waals surface area contributed by atoms with Gasteiger partial charge < -0.3 is 39.8 Å². The van der Waals surface area contributed by atoms with Crippen molar-refractivity contribution >= 4 is 29.2 Å². The van der Waals surface area contributed by atoms with Gasteiger partial charge >= 0.3 is 6.03 Å². The van der Waals surface area contributed by atoms with E-state index >= 15 is 0 Å². The average molecular weight is 598 g/mol. The molecule has 4 amide bonds. The molecule has 0 aromatic heterocycles. The second-order valence-corrected chi connectivity index (χ2v) is 11.1. The third kappa shape index (κ3) is 8.59. The largest absolute Gasteiger partial charge is 0.497 e. The summed E-state index contributed by atoms with van der Waals surface area (Å²) in [5, 5.41) is 15.7. The van der Waals surface area contributed by atoms with Crippen LogP contribution < -0.4 is 20.1 Å². The Kier molecular flexibility index (Phi) is 11.2. The number of nitrogens with zero attached hydrogens (tertiary/aromatic N) is 3. The summed E-state index contributed by atoms with van der Waals surface area (Å²) < 4.78 is 16.9. The van der Waals surface area contributed by atoms with Crippen LogP contribution in [0, 0.1) is 5.92 Å². The monoisotopic (exact) mass is 597 g/mol. The van der Waals surface area contributed by atoms with E-state index in [1.165, 1.54) is 4.90 Å². The van der Waals surface area contributed by atoms with Gasteiger partial charge in [0.15, 0.2) is 0 Å². The zero-order chi connectivity index (χ0) is 30.9. The zero-order valence-electron chi connectivity index (χ0n) is 25.4. The maximum atomic E-state index is 13.7. The molecule has 4 rings (SSSR count). The molecule has 2 heterocycles. The third-order valence-corrected chi connectivity index (χ3v) is 7.85. The Balaban J connectivity index is 1.48. The van der Waals surface area contributed by atoms with E-state index in [-0.39, 0.29) is 42.5 Å². The standard InChI is InChI=1S/C31H43N5O7/c1-21-18-36(22(2)20-37)30(39)26-17-24(32-29(38)11-12-35-13-15-42-16-14-35)7-10-27(26)43-28(21)19-34(3)31(40)33-23-5-8-25(41-4)9-6-23/h5-10,17,21-22,28,37H,11-16,18-20H2,1-4H3,(H,32,38)(H,33,40)/t21-,22+,28-/m1/s1. The summed E-state index contributed by atoms with van der Waals surface area (Å²) in [7, 11) is 3.26. The lowest BCUT2D eigenvalue weighted by Crippen LogP contribution is -2.50. The Morgan fingerprint density at radius 2 is 1.81 bits per heavy atom. The molecule has 0 radical (unpaired) electrons. The smallest absolute Gasteiger partial charge is 0.321 e. The molecule has 2 aromatic carbocycles. The number of fused-ring (bicyclic) bond motifs is 1. The topological polar surface area (TPSA) is 133 Å². The van der Waals surface area contributed by atoms with Crippen molar-refractivity contribution in [2.75, 3.05) is 77.3 Å². The number of nitrogens with one attached hydrogen (secondary N) is 2. The summed E-state index contributed by atoms with van der Waals surface area (Å²) >= 11 is 0. The van der Waals surface area contributed by atoms with Gasteiger partial charge in [0.05, 0.1) is 45.1 Å². The Labute approximate surface area is 252 Å². The van der Waals surface area contributed by atoms with Crippen LogP contribution in [0.4, 0.5) is 16.2 Å². The van der Waals surface area contributed by atoms with Crippen molar-refractivity contribution in [3.05, 3.63) is 48.0 Å². The molecule has 2 aromatic rings. The number of rotatable bonds is 10. The van der Waals surface area contributed by atoms with E-state index in [2.05, 4.69) is 15.5 Å². The number of hydrogen-bond donors (Lipinski definition) is 3. The predicted molar refractivity (Wildman–Crippen MR) is 163 cm³/mol. The Morgan fingerprint density at radius 3 is 2.49 bits per heavy atom.